The summed E-state index contributed by atoms with van der Waals surface area (Å²) in [5.41, 5.74) is 8.48. The second kappa shape index (κ2) is 4.98. The van der Waals surface area contributed by atoms with Gasteiger partial charge in [0.25, 0.3) is 0 Å². The molecule has 2 unspecified atom stereocenters. The van der Waals surface area contributed by atoms with E-state index in [9.17, 15) is 0 Å². The van der Waals surface area contributed by atoms with Gasteiger partial charge in [0.1, 0.15) is 0 Å². The van der Waals surface area contributed by atoms with Gasteiger partial charge in [0.2, 0.25) is 0 Å². The minimum absolute atomic E-state index is 0.700. The number of nitrogens with zero attached hydrogens (tertiary/aromatic N) is 1. The fraction of sp³-hybridized carbons (Fsp3) is 0.571. The molecule has 0 amide bonds. The molecule has 1 aliphatic rings. The first-order chi connectivity index (χ1) is 7.70. The van der Waals surface area contributed by atoms with E-state index >= 15 is 0 Å². The van der Waals surface area contributed by atoms with Crippen molar-refractivity contribution in [3.63, 3.8) is 0 Å². The fourth-order valence-electron chi connectivity index (χ4n) is 2.51. The molecule has 2 atom stereocenters. The van der Waals surface area contributed by atoms with Crippen molar-refractivity contribution < 1.29 is 0 Å². The van der Waals surface area contributed by atoms with Crippen LogP contribution in [0.4, 0.5) is 0 Å². The molecular formula is C14H22N2. The highest BCUT2D eigenvalue weighted by Gasteiger charge is 2.32. The average Bonchev–Trinajstić information content (AvgIpc) is 2.20. The Labute approximate surface area is 98.4 Å². The highest BCUT2D eigenvalue weighted by atomic mass is 15.1. The quantitative estimate of drug-likeness (QED) is 0.839. The monoisotopic (exact) mass is 218 g/mol. The van der Waals surface area contributed by atoms with Gasteiger partial charge < -0.3 is 5.73 Å². The third kappa shape index (κ3) is 2.45. The summed E-state index contributed by atoms with van der Waals surface area (Å²) in [6.07, 6.45) is 2.61. The molecule has 0 spiro atoms. The van der Waals surface area contributed by atoms with Crippen LogP contribution in [0.2, 0.25) is 0 Å². The van der Waals surface area contributed by atoms with Gasteiger partial charge in [-0.25, -0.2) is 0 Å². The SMILES string of the molecule is Cc1ccc(CN(C)C2CCC2CN)cc1. The van der Waals surface area contributed by atoms with Crippen LogP contribution in [0, 0.1) is 12.8 Å². The summed E-state index contributed by atoms with van der Waals surface area (Å²) in [6, 6.07) is 9.52. The van der Waals surface area contributed by atoms with Crippen LogP contribution < -0.4 is 5.73 Å². The van der Waals surface area contributed by atoms with Crippen molar-refractivity contribution >= 4 is 0 Å². The second-order valence-corrected chi connectivity index (χ2v) is 5.04. The maximum Gasteiger partial charge on any atom is 0.0233 e. The molecule has 2 nitrogen and oxygen atoms in total. The van der Waals surface area contributed by atoms with Gasteiger partial charge in [0.15, 0.2) is 0 Å². The minimum atomic E-state index is 0.700. The molecule has 2 rings (SSSR count). The van der Waals surface area contributed by atoms with Crippen LogP contribution in [-0.2, 0) is 6.54 Å². The van der Waals surface area contributed by atoms with E-state index in [0.29, 0.717) is 6.04 Å². The Morgan fingerprint density at radius 3 is 2.44 bits per heavy atom. The predicted octanol–water partition coefficient (Wildman–Crippen LogP) is 2.16. The van der Waals surface area contributed by atoms with Gasteiger partial charge in [-0.2, -0.15) is 0 Å². The van der Waals surface area contributed by atoms with E-state index in [2.05, 4.69) is 43.1 Å². The Balaban J connectivity index is 1.91. The van der Waals surface area contributed by atoms with Gasteiger partial charge in [0.05, 0.1) is 0 Å². The van der Waals surface area contributed by atoms with Crippen LogP contribution in [0.3, 0.4) is 0 Å². The van der Waals surface area contributed by atoms with Crippen LogP contribution in [0.1, 0.15) is 24.0 Å². The molecule has 1 aliphatic carbocycles. The molecule has 0 aromatic heterocycles. The van der Waals surface area contributed by atoms with E-state index in [0.717, 1.165) is 19.0 Å². The zero-order chi connectivity index (χ0) is 11.5. The summed E-state index contributed by atoms with van der Waals surface area (Å²) in [5, 5.41) is 0. The van der Waals surface area contributed by atoms with Gasteiger partial charge in [-0.05, 0) is 44.8 Å². The van der Waals surface area contributed by atoms with E-state index in [1.807, 2.05) is 0 Å². The molecule has 0 saturated heterocycles. The van der Waals surface area contributed by atoms with E-state index < -0.39 is 0 Å². The van der Waals surface area contributed by atoms with Gasteiger partial charge in [-0.3, -0.25) is 4.90 Å². The first-order valence-electron chi connectivity index (χ1n) is 6.16. The van der Waals surface area contributed by atoms with E-state index in [-0.39, 0.29) is 0 Å². The number of aryl methyl sites for hydroxylation is 1. The lowest BCUT2D eigenvalue weighted by Crippen LogP contribution is -2.47. The van der Waals surface area contributed by atoms with Crippen molar-refractivity contribution in [2.75, 3.05) is 13.6 Å². The molecule has 0 bridgehead atoms. The number of hydrogen-bond donors (Lipinski definition) is 1. The summed E-state index contributed by atoms with van der Waals surface area (Å²) in [5.74, 6) is 0.718. The van der Waals surface area contributed by atoms with Crippen LogP contribution in [0.15, 0.2) is 24.3 Å². The second-order valence-electron chi connectivity index (χ2n) is 5.04. The Morgan fingerprint density at radius 2 is 1.94 bits per heavy atom. The highest BCUT2D eigenvalue weighted by Crippen LogP contribution is 2.31. The minimum Gasteiger partial charge on any atom is -0.330 e. The normalized spacial score (nSPS) is 24.5. The number of benzene rings is 1. The fourth-order valence-corrected chi connectivity index (χ4v) is 2.51. The Morgan fingerprint density at radius 1 is 1.25 bits per heavy atom. The first-order valence-corrected chi connectivity index (χ1v) is 6.16. The molecule has 88 valence electrons. The summed E-state index contributed by atoms with van der Waals surface area (Å²) < 4.78 is 0. The molecule has 0 aliphatic heterocycles. The summed E-state index contributed by atoms with van der Waals surface area (Å²) in [7, 11) is 2.21. The van der Waals surface area contributed by atoms with E-state index in [1.165, 1.54) is 24.0 Å². The molecule has 1 saturated carbocycles. The lowest BCUT2D eigenvalue weighted by Gasteiger charge is -2.42. The molecule has 0 radical (unpaired) electrons. The van der Waals surface area contributed by atoms with Crippen LogP contribution in [-0.4, -0.2) is 24.5 Å². The Hall–Kier alpha value is -0.860. The number of rotatable bonds is 4. The standard InChI is InChI=1S/C14H22N2/c1-11-3-5-12(6-4-11)10-16(2)14-8-7-13(14)9-15/h3-6,13-14H,7-10,15H2,1-2H3. The topological polar surface area (TPSA) is 29.3 Å². The Bertz CT molecular complexity index is 329. The third-order valence-electron chi connectivity index (χ3n) is 3.80. The van der Waals surface area contributed by atoms with E-state index in [1.54, 1.807) is 0 Å². The van der Waals surface area contributed by atoms with Crippen molar-refractivity contribution in [2.45, 2.75) is 32.4 Å². The van der Waals surface area contributed by atoms with E-state index in [4.69, 9.17) is 5.73 Å². The summed E-state index contributed by atoms with van der Waals surface area (Å²) in [6.45, 7) is 4.01. The van der Waals surface area contributed by atoms with Crippen molar-refractivity contribution in [1.82, 2.24) is 4.90 Å². The highest BCUT2D eigenvalue weighted by molar-refractivity contribution is 5.21. The maximum absolute atomic E-state index is 5.75. The third-order valence-corrected chi connectivity index (χ3v) is 3.80. The molecule has 0 heterocycles. The molecule has 16 heavy (non-hydrogen) atoms. The van der Waals surface area contributed by atoms with Gasteiger partial charge >= 0.3 is 0 Å². The molecule has 1 aromatic rings. The molecule has 1 fully saturated rings. The average molecular weight is 218 g/mol. The summed E-state index contributed by atoms with van der Waals surface area (Å²) >= 11 is 0. The number of nitrogens with two attached hydrogens (primary N) is 1. The first kappa shape index (κ1) is 11.6. The lowest BCUT2D eigenvalue weighted by molar-refractivity contribution is 0.0837. The van der Waals surface area contributed by atoms with Gasteiger partial charge in [-0.1, -0.05) is 29.8 Å². The molecule has 1 aromatic carbocycles. The van der Waals surface area contributed by atoms with Gasteiger partial charge in [0, 0.05) is 12.6 Å². The van der Waals surface area contributed by atoms with Crippen molar-refractivity contribution in [2.24, 2.45) is 11.7 Å². The zero-order valence-corrected chi connectivity index (χ0v) is 10.3. The maximum atomic E-state index is 5.75. The van der Waals surface area contributed by atoms with Crippen LogP contribution >= 0.6 is 0 Å². The smallest absolute Gasteiger partial charge is 0.0233 e. The van der Waals surface area contributed by atoms with Crippen molar-refractivity contribution in [3.8, 4) is 0 Å². The van der Waals surface area contributed by atoms with Crippen LogP contribution in [0.25, 0.3) is 0 Å². The summed E-state index contributed by atoms with van der Waals surface area (Å²) in [4.78, 5) is 2.45. The Kier molecular flexibility index (Phi) is 3.62. The predicted molar refractivity (Wildman–Crippen MR) is 68.2 cm³/mol. The lowest BCUT2D eigenvalue weighted by atomic mass is 9.78. The van der Waals surface area contributed by atoms with Crippen molar-refractivity contribution in [1.29, 1.82) is 0 Å². The van der Waals surface area contributed by atoms with Crippen LogP contribution in [0.5, 0.6) is 0 Å². The molecule has 2 N–H and O–H groups in total. The van der Waals surface area contributed by atoms with Crippen molar-refractivity contribution in [3.05, 3.63) is 35.4 Å². The van der Waals surface area contributed by atoms with Gasteiger partial charge in [-0.15, -0.1) is 0 Å². The number of hydrogen-bond acceptors (Lipinski definition) is 2. The largest absolute Gasteiger partial charge is 0.330 e. The zero-order valence-electron chi connectivity index (χ0n) is 10.3. The molecular weight excluding hydrogens is 196 g/mol. The molecule has 2 heteroatoms.